The first-order valence-electron chi connectivity index (χ1n) is 11.9. The summed E-state index contributed by atoms with van der Waals surface area (Å²) >= 11 is 0. The molecule has 8 nitrogen and oxygen atoms in total. The topological polar surface area (TPSA) is 106 Å². The molecule has 0 aliphatic heterocycles. The van der Waals surface area contributed by atoms with Crippen LogP contribution in [0.4, 0.5) is 4.79 Å². The number of carboxylic acids is 1. The highest BCUT2D eigenvalue weighted by Gasteiger charge is 2.19. The fourth-order valence-corrected chi connectivity index (χ4v) is 3.79. The van der Waals surface area contributed by atoms with E-state index in [0.717, 1.165) is 12.1 Å². The largest absolute Gasteiger partial charge is 0.480 e. The average Bonchev–Trinajstić information content (AvgIpc) is 2.70. The van der Waals surface area contributed by atoms with Crippen LogP contribution in [0.5, 0.6) is 0 Å². The van der Waals surface area contributed by atoms with Crippen molar-refractivity contribution in [3.8, 4) is 0 Å². The number of aliphatic carboxylic acids is 1. The summed E-state index contributed by atoms with van der Waals surface area (Å²) in [6.45, 7) is 6.14. The van der Waals surface area contributed by atoms with Crippen molar-refractivity contribution in [2.75, 3.05) is 33.0 Å². The van der Waals surface area contributed by atoms with Crippen molar-refractivity contribution in [2.24, 2.45) is 0 Å². The fraction of sp³-hybridized carbons (Fsp3) is 0.913. The number of ether oxygens (including phenoxy) is 3. The van der Waals surface area contributed by atoms with Crippen LogP contribution in [0.2, 0.25) is 0 Å². The lowest BCUT2D eigenvalue weighted by Gasteiger charge is -2.30. The molecular weight excluding hydrogens is 400 g/mol. The third-order valence-corrected chi connectivity index (χ3v) is 5.19. The van der Waals surface area contributed by atoms with Crippen molar-refractivity contribution in [3.05, 3.63) is 0 Å². The zero-order valence-electron chi connectivity index (χ0n) is 19.7. The van der Waals surface area contributed by atoms with Gasteiger partial charge in [0.15, 0.2) is 0 Å². The Labute approximate surface area is 187 Å². The third-order valence-electron chi connectivity index (χ3n) is 5.19. The van der Waals surface area contributed by atoms with Crippen LogP contribution < -0.4 is 10.6 Å². The molecule has 0 aromatic rings. The van der Waals surface area contributed by atoms with Crippen molar-refractivity contribution < 1.29 is 28.9 Å². The molecule has 182 valence electrons. The van der Waals surface area contributed by atoms with Gasteiger partial charge in [0, 0.05) is 18.6 Å². The number of rotatable bonds is 10. The fourth-order valence-electron chi connectivity index (χ4n) is 3.79. The number of carboxylic acid groups (broad SMARTS) is 1. The molecule has 3 N–H and O–H groups in total. The van der Waals surface area contributed by atoms with Crippen LogP contribution in [-0.2, 0) is 19.0 Å². The summed E-state index contributed by atoms with van der Waals surface area (Å²) in [5, 5.41) is 14.7. The third kappa shape index (κ3) is 16.9. The van der Waals surface area contributed by atoms with Gasteiger partial charge in [0.25, 0.3) is 0 Å². The van der Waals surface area contributed by atoms with Crippen LogP contribution in [0.1, 0.15) is 85.0 Å². The van der Waals surface area contributed by atoms with E-state index in [0.29, 0.717) is 13.2 Å². The number of carbonyl (C=O) groups excluding carboxylic acids is 1. The monoisotopic (exact) mass is 444 g/mol. The van der Waals surface area contributed by atoms with Crippen LogP contribution in [0.25, 0.3) is 0 Å². The number of hydrogen-bond acceptors (Lipinski definition) is 6. The van der Waals surface area contributed by atoms with Crippen molar-refractivity contribution in [2.45, 2.75) is 103 Å². The molecule has 0 radical (unpaired) electrons. The van der Waals surface area contributed by atoms with Crippen molar-refractivity contribution in [1.82, 2.24) is 10.6 Å². The van der Waals surface area contributed by atoms with E-state index in [1.54, 1.807) is 20.8 Å². The molecule has 2 saturated carbocycles. The lowest BCUT2D eigenvalue weighted by molar-refractivity contribution is -0.142. The molecule has 2 fully saturated rings. The summed E-state index contributed by atoms with van der Waals surface area (Å²) in [4.78, 5) is 21.3. The summed E-state index contributed by atoms with van der Waals surface area (Å²) < 4.78 is 14.9. The summed E-state index contributed by atoms with van der Waals surface area (Å²) in [6.07, 6.45) is 14.1. The standard InChI is InChI=1S/C12H23N.C11H21NO6/c1-3-7-11(8-4-1)13-12-9-5-2-6-10-12;1-11(2,3)18-10(15)12-4-5-16-6-7-17-8-9(13)14/h11-13H,1-10H2;4-8H2,1-3H3,(H,12,15)(H,13,14). The molecule has 0 aromatic carbocycles. The summed E-state index contributed by atoms with van der Waals surface area (Å²) in [5.41, 5.74) is -0.518. The van der Waals surface area contributed by atoms with E-state index < -0.39 is 17.7 Å². The van der Waals surface area contributed by atoms with Gasteiger partial charge in [-0.3, -0.25) is 0 Å². The SMILES string of the molecule is C1CCC(NC2CCCCC2)CC1.CC(C)(C)OC(=O)NCCOCCOCC(=O)O. The lowest BCUT2D eigenvalue weighted by Crippen LogP contribution is -2.40. The van der Waals surface area contributed by atoms with Crippen LogP contribution in [0.15, 0.2) is 0 Å². The molecule has 2 rings (SSSR count). The molecule has 1 amide bonds. The highest BCUT2D eigenvalue weighted by Crippen LogP contribution is 2.22. The van der Waals surface area contributed by atoms with Crippen molar-refractivity contribution in [3.63, 3.8) is 0 Å². The minimum atomic E-state index is -1.01. The van der Waals surface area contributed by atoms with Gasteiger partial charge < -0.3 is 30.0 Å². The summed E-state index contributed by atoms with van der Waals surface area (Å²) in [7, 11) is 0. The zero-order chi connectivity index (χ0) is 23.0. The molecule has 0 heterocycles. The molecule has 0 spiro atoms. The molecular formula is C23H44N2O6. The van der Waals surface area contributed by atoms with E-state index in [1.165, 1.54) is 64.2 Å². The lowest BCUT2D eigenvalue weighted by atomic mass is 9.91. The van der Waals surface area contributed by atoms with Gasteiger partial charge in [0.05, 0.1) is 19.8 Å². The zero-order valence-corrected chi connectivity index (χ0v) is 19.7. The van der Waals surface area contributed by atoms with E-state index in [4.69, 9.17) is 19.3 Å². The Morgan fingerprint density at radius 2 is 1.35 bits per heavy atom. The summed E-state index contributed by atoms with van der Waals surface area (Å²) in [6, 6.07) is 1.74. The van der Waals surface area contributed by atoms with Gasteiger partial charge in [-0.05, 0) is 46.5 Å². The molecule has 0 unspecified atom stereocenters. The maximum absolute atomic E-state index is 11.2. The van der Waals surface area contributed by atoms with Gasteiger partial charge in [-0.2, -0.15) is 0 Å². The minimum absolute atomic E-state index is 0.207. The van der Waals surface area contributed by atoms with Crippen LogP contribution in [0.3, 0.4) is 0 Å². The van der Waals surface area contributed by atoms with Gasteiger partial charge in [0.2, 0.25) is 0 Å². The molecule has 2 aliphatic rings. The second-order valence-electron chi connectivity index (χ2n) is 9.32. The normalized spacial score (nSPS) is 18.0. The number of hydrogen-bond donors (Lipinski definition) is 3. The van der Waals surface area contributed by atoms with Crippen molar-refractivity contribution >= 4 is 12.1 Å². The molecule has 8 heteroatoms. The van der Waals surface area contributed by atoms with Gasteiger partial charge in [-0.1, -0.05) is 38.5 Å². The van der Waals surface area contributed by atoms with Crippen molar-refractivity contribution in [1.29, 1.82) is 0 Å². The second-order valence-corrected chi connectivity index (χ2v) is 9.32. The van der Waals surface area contributed by atoms with Crippen LogP contribution in [-0.4, -0.2) is 67.8 Å². The van der Waals surface area contributed by atoms with Gasteiger partial charge in [0.1, 0.15) is 12.2 Å². The van der Waals surface area contributed by atoms with Crippen LogP contribution >= 0.6 is 0 Å². The van der Waals surface area contributed by atoms with E-state index in [9.17, 15) is 9.59 Å². The molecule has 31 heavy (non-hydrogen) atoms. The number of amides is 1. The Hall–Kier alpha value is -1.38. The Bertz CT molecular complexity index is 467. The Balaban J connectivity index is 0.000000323. The number of nitrogens with one attached hydrogen (secondary N) is 2. The molecule has 0 aromatic heterocycles. The smallest absolute Gasteiger partial charge is 0.407 e. The highest BCUT2D eigenvalue weighted by molar-refractivity contribution is 5.68. The molecule has 0 bridgehead atoms. The molecule has 0 saturated heterocycles. The predicted octanol–water partition coefficient (Wildman–Crippen LogP) is 3.87. The van der Waals surface area contributed by atoms with Gasteiger partial charge >= 0.3 is 12.1 Å². The predicted molar refractivity (Wildman–Crippen MR) is 120 cm³/mol. The molecule has 2 aliphatic carbocycles. The Morgan fingerprint density at radius 1 is 0.839 bits per heavy atom. The maximum atomic E-state index is 11.2. The molecule has 0 atom stereocenters. The highest BCUT2D eigenvalue weighted by atomic mass is 16.6. The Morgan fingerprint density at radius 3 is 1.84 bits per heavy atom. The van der Waals surface area contributed by atoms with Gasteiger partial charge in [-0.15, -0.1) is 0 Å². The second kappa shape index (κ2) is 16.3. The Kier molecular flexibility index (Phi) is 14.5. The van der Waals surface area contributed by atoms with E-state index in [1.807, 2.05) is 0 Å². The van der Waals surface area contributed by atoms with Crippen LogP contribution in [0, 0.1) is 0 Å². The van der Waals surface area contributed by atoms with E-state index in [2.05, 4.69) is 10.6 Å². The average molecular weight is 445 g/mol. The first-order chi connectivity index (χ1) is 14.8. The summed E-state index contributed by atoms with van der Waals surface area (Å²) in [5.74, 6) is -1.01. The first kappa shape index (κ1) is 27.7. The quantitative estimate of drug-likeness (QED) is 0.439. The van der Waals surface area contributed by atoms with E-state index >= 15 is 0 Å². The van der Waals surface area contributed by atoms with Gasteiger partial charge in [-0.25, -0.2) is 9.59 Å². The maximum Gasteiger partial charge on any atom is 0.407 e. The number of alkyl carbamates (subject to hydrolysis) is 1. The van der Waals surface area contributed by atoms with E-state index in [-0.39, 0.29) is 19.8 Å². The number of carbonyl (C=O) groups is 2. The minimum Gasteiger partial charge on any atom is -0.480 e. The first-order valence-corrected chi connectivity index (χ1v) is 11.9.